The summed E-state index contributed by atoms with van der Waals surface area (Å²) in [6.07, 6.45) is 3.12. The standard InChI is InChI=1S/C21H20ClF2N3O/c1-11(2)20(27-10-25-18-8-15(23)16(24)9-19(18)27)21(28)26-17-6-3-12-7-13(22)4-5-14(12)17/h4-5,7-11,17,20H,3,6H2,1-2H3,(H,26,28)/t17-,20+/m1/s1. The van der Waals surface area contributed by atoms with Crippen molar-refractivity contribution in [1.29, 1.82) is 0 Å². The van der Waals surface area contributed by atoms with Crippen molar-refractivity contribution in [3.8, 4) is 0 Å². The van der Waals surface area contributed by atoms with Gasteiger partial charge in [-0.3, -0.25) is 4.79 Å². The molecule has 0 bridgehead atoms. The zero-order chi connectivity index (χ0) is 20.0. The van der Waals surface area contributed by atoms with Gasteiger partial charge in [0.25, 0.3) is 0 Å². The van der Waals surface area contributed by atoms with E-state index < -0.39 is 17.7 Å². The fourth-order valence-electron chi connectivity index (χ4n) is 3.99. The van der Waals surface area contributed by atoms with Crippen LogP contribution in [0.5, 0.6) is 0 Å². The Bertz CT molecular complexity index is 1060. The van der Waals surface area contributed by atoms with Crippen molar-refractivity contribution in [2.24, 2.45) is 5.92 Å². The summed E-state index contributed by atoms with van der Waals surface area (Å²) in [6.45, 7) is 3.83. The van der Waals surface area contributed by atoms with Gasteiger partial charge in [-0.15, -0.1) is 0 Å². The molecule has 1 aliphatic carbocycles. The fraction of sp³-hybridized carbons (Fsp3) is 0.333. The van der Waals surface area contributed by atoms with E-state index in [1.807, 2.05) is 32.0 Å². The molecule has 2 atom stereocenters. The molecule has 0 spiro atoms. The summed E-state index contributed by atoms with van der Waals surface area (Å²) in [5.74, 6) is -2.16. The molecule has 1 aliphatic rings. The van der Waals surface area contributed by atoms with E-state index >= 15 is 0 Å². The van der Waals surface area contributed by atoms with Gasteiger partial charge in [-0.2, -0.15) is 0 Å². The molecule has 1 N–H and O–H groups in total. The first-order valence-electron chi connectivity index (χ1n) is 9.25. The van der Waals surface area contributed by atoms with Crippen LogP contribution in [0.3, 0.4) is 0 Å². The van der Waals surface area contributed by atoms with Crippen LogP contribution in [0.25, 0.3) is 11.0 Å². The van der Waals surface area contributed by atoms with Crippen LogP contribution in [0.2, 0.25) is 5.02 Å². The molecule has 1 amide bonds. The van der Waals surface area contributed by atoms with Gasteiger partial charge in [-0.25, -0.2) is 13.8 Å². The van der Waals surface area contributed by atoms with E-state index in [1.54, 1.807) is 4.57 Å². The van der Waals surface area contributed by atoms with Gasteiger partial charge in [-0.05, 0) is 42.0 Å². The van der Waals surface area contributed by atoms with Crippen LogP contribution in [-0.4, -0.2) is 15.5 Å². The first-order valence-corrected chi connectivity index (χ1v) is 9.63. The Labute approximate surface area is 166 Å². The minimum atomic E-state index is -0.959. The van der Waals surface area contributed by atoms with Crippen molar-refractivity contribution in [2.75, 3.05) is 0 Å². The average Bonchev–Trinajstić information content (AvgIpc) is 3.20. The van der Waals surface area contributed by atoms with Gasteiger partial charge in [0.15, 0.2) is 11.6 Å². The zero-order valence-electron chi connectivity index (χ0n) is 15.5. The lowest BCUT2D eigenvalue weighted by atomic mass is 10.0. The average molecular weight is 404 g/mol. The molecule has 3 aromatic rings. The third kappa shape index (κ3) is 3.26. The molecule has 0 fully saturated rings. The number of nitrogens with zero attached hydrogens (tertiary/aromatic N) is 2. The molecule has 1 heterocycles. The highest BCUT2D eigenvalue weighted by Gasteiger charge is 2.30. The summed E-state index contributed by atoms with van der Waals surface area (Å²) in [5, 5.41) is 3.80. The molecule has 0 aliphatic heterocycles. The van der Waals surface area contributed by atoms with E-state index in [1.165, 1.54) is 6.33 Å². The van der Waals surface area contributed by atoms with Crippen LogP contribution in [0, 0.1) is 17.6 Å². The number of nitrogens with one attached hydrogen (secondary N) is 1. The third-order valence-electron chi connectivity index (χ3n) is 5.32. The fourth-order valence-corrected chi connectivity index (χ4v) is 4.18. The Hall–Kier alpha value is -2.47. The number of carbonyl (C=O) groups is 1. The Morgan fingerprint density at radius 3 is 2.75 bits per heavy atom. The number of aromatic nitrogens is 2. The van der Waals surface area contributed by atoms with Gasteiger partial charge in [0.2, 0.25) is 5.91 Å². The topological polar surface area (TPSA) is 46.9 Å². The Kier molecular flexibility index (Phi) is 4.83. The maximum Gasteiger partial charge on any atom is 0.243 e. The molecule has 7 heteroatoms. The third-order valence-corrected chi connectivity index (χ3v) is 5.55. The normalized spacial score (nSPS) is 17.1. The van der Waals surface area contributed by atoms with E-state index in [0.717, 1.165) is 36.1 Å². The summed E-state index contributed by atoms with van der Waals surface area (Å²) in [5.41, 5.74) is 2.93. The molecule has 2 aromatic carbocycles. The van der Waals surface area contributed by atoms with Gasteiger partial charge in [0, 0.05) is 17.2 Å². The minimum Gasteiger partial charge on any atom is -0.347 e. The second kappa shape index (κ2) is 7.17. The quantitative estimate of drug-likeness (QED) is 0.668. The summed E-state index contributed by atoms with van der Waals surface area (Å²) in [6, 6.07) is 7.16. The van der Waals surface area contributed by atoms with Gasteiger partial charge < -0.3 is 9.88 Å². The molecule has 1 aromatic heterocycles. The van der Waals surface area contributed by atoms with E-state index in [2.05, 4.69) is 10.3 Å². The number of fused-ring (bicyclic) bond motifs is 2. The molecule has 4 nitrogen and oxygen atoms in total. The monoisotopic (exact) mass is 403 g/mol. The van der Waals surface area contributed by atoms with Crippen LogP contribution in [0.1, 0.15) is 43.5 Å². The van der Waals surface area contributed by atoms with Crippen molar-refractivity contribution in [3.05, 3.63) is 64.4 Å². The van der Waals surface area contributed by atoms with Crippen LogP contribution < -0.4 is 5.32 Å². The number of amides is 1. The predicted octanol–water partition coefficient (Wildman–Crippen LogP) is 4.97. The second-order valence-corrected chi connectivity index (χ2v) is 7.98. The molecular formula is C21H20ClF2N3O. The summed E-state index contributed by atoms with van der Waals surface area (Å²) in [7, 11) is 0. The van der Waals surface area contributed by atoms with Crippen LogP contribution in [0.15, 0.2) is 36.7 Å². The first kappa shape index (κ1) is 18.9. The maximum atomic E-state index is 13.8. The highest BCUT2D eigenvalue weighted by Crippen LogP contribution is 2.34. The number of imidazole rings is 1. The summed E-state index contributed by atoms with van der Waals surface area (Å²) in [4.78, 5) is 17.3. The molecule has 0 saturated heterocycles. The number of rotatable bonds is 4. The van der Waals surface area contributed by atoms with Crippen molar-refractivity contribution < 1.29 is 13.6 Å². The van der Waals surface area contributed by atoms with Gasteiger partial charge >= 0.3 is 0 Å². The highest BCUT2D eigenvalue weighted by molar-refractivity contribution is 6.30. The Morgan fingerprint density at radius 2 is 2.00 bits per heavy atom. The maximum absolute atomic E-state index is 13.8. The van der Waals surface area contributed by atoms with E-state index in [-0.39, 0.29) is 17.9 Å². The number of carbonyl (C=O) groups excluding carboxylic acids is 1. The van der Waals surface area contributed by atoms with E-state index in [4.69, 9.17) is 11.6 Å². The molecule has 4 rings (SSSR count). The molecule has 146 valence electrons. The SMILES string of the molecule is CC(C)[C@@H](C(=O)N[C@@H]1CCc2cc(Cl)ccc21)n1cnc2cc(F)c(F)cc21. The lowest BCUT2D eigenvalue weighted by molar-refractivity contribution is -0.126. The number of hydrogen-bond donors (Lipinski definition) is 1. The van der Waals surface area contributed by atoms with Crippen molar-refractivity contribution in [1.82, 2.24) is 14.9 Å². The van der Waals surface area contributed by atoms with Gasteiger partial charge in [0.1, 0.15) is 6.04 Å². The van der Waals surface area contributed by atoms with Gasteiger partial charge in [-0.1, -0.05) is 31.5 Å². The molecule has 0 radical (unpaired) electrons. The Balaban J connectivity index is 1.65. The highest BCUT2D eigenvalue weighted by atomic mass is 35.5. The van der Waals surface area contributed by atoms with Crippen LogP contribution in [-0.2, 0) is 11.2 Å². The minimum absolute atomic E-state index is 0.0726. The first-order chi connectivity index (χ1) is 13.3. The van der Waals surface area contributed by atoms with Crippen molar-refractivity contribution in [3.63, 3.8) is 0 Å². The Morgan fingerprint density at radius 1 is 1.25 bits per heavy atom. The largest absolute Gasteiger partial charge is 0.347 e. The van der Waals surface area contributed by atoms with Crippen LogP contribution >= 0.6 is 11.6 Å². The van der Waals surface area contributed by atoms with Gasteiger partial charge in [0.05, 0.1) is 23.4 Å². The second-order valence-electron chi connectivity index (χ2n) is 7.54. The van der Waals surface area contributed by atoms with Crippen molar-refractivity contribution in [2.45, 2.75) is 38.8 Å². The molecule has 0 unspecified atom stereocenters. The number of benzene rings is 2. The smallest absolute Gasteiger partial charge is 0.243 e. The zero-order valence-corrected chi connectivity index (χ0v) is 16.3. The molecular weight excluding hydrogens is 384 g/mol. The predicted molar refractivity (Wildman–Crippen MR) is 104 cm³/mol. The van der Waals surface area contributed by atoms with Crippen molar-refractivity contribution >= 4 is 28.5 Å². The lowest BCUT2D eigenvalue weighted by Crippen LogP contribution is -2.37. The summed E-state index contributed by atoms with van der Waals surface area (Å²) < 4.78 is 28.9. The van der Waals surface area contributed by atoms with Crippen LogP contribution in [0.4, 0.5) is 8.78 Å². The van der Waals surface area contributed by atoms with E-state index in [0.29, 0.717) is 16.1 Å². The number of aryl methyl sites for hydroxylation is 1. The lowest BCUT2D eigenvalue weighted by Gasteiger charge is -2.25. The number of hydrogen-bond acceptors (Lipinski definition) is 2. The molecule has 0 saturated carbocycles. The van der Waals surface area contributed by atoms with E-state index in [9.17, 15) is 13.6 Å². The molecule has 28 heavy (non-hydrogen) atoms. The number of halogens is 3. The summed E-state index contributed by atoms with van der Waals surface area (Å²) >= 11 is 6.06.